The fraction of sp³-hybridized carbons (Fsp3) is 0.227. The van der Waals surface area contributed by atoms with Crippen LogP contribution in [-0.4, -0.2) is 3.26 Å². The number of allylic oxidation sites excluding steroid dienone is 2. The first-order valence-electron chi connectivity index (χ1n) is 8.68. The first kappa shape index (κ1) is 14.0. The van der Waals surface area contributed by atoms with E-state index in [1.807, 2.05) is 3.26 Å². The third kappa shape index (κ3) is 2.24. The van der Waals surface area contributed by atoms with E-state index in [0.717, 1.165) is 7.35 Å². The molecule has 0 spiro atoms. The Morgan fingerprint density at radius 3 is 1.70 bits per heavy atom. The van der Waals surface area contributed by atoms with Crippen LogP contribution in [0, 0.1) is 0 Å². The third-order valence-electron chi connectivity index (χ3n) is 5.63. The van der Waals surface area contributed by atoms with Gasteiger partial charge in [-0.05, 0) is 0 Å². The molecule has 0 saturated heterocycles. The van der Waals surface area contributed by atoms with E-state index >= 15 is 0 Å². The molecule has 0 amide bonds. The van der Waals surface area contributed by atoms with Crippen molar-refractivity contribution in [2.24, 2.45) is 0 Å². The molecule has 0 heterocycles. The van der Waals surface area contributed by atoms with Crippen LogP contribution in [0.15, 0.2) is 60.7 Å². The number of benzene rings is 2. The van der Waals surface area contributed by atoms with Gasteiger partial charge in [-0.1, -0.05) is 0 Å². The summed E-state index contributed by atoms with van der Waals surface area (Å²) in [6, 6.07) is 18.2. The normalized spacial score (nSPS) is 23.6. The second kappa shape index (κ2) is 5.63. The average Bonchev–Trinajstić information content (AvgIpc) is 3.15. The van der Waals surface area contributed by atoms with Crippen LogP contribution in [0.1, 0.15) is 48.9 Å². The second-order valence-corrected chi connectivity index (χ2v) is 17.1. The van der Waals surface area contributed by atoms with Crippen molar-refractivity contribution in [2.75, 3.05) is 0 Å². The number of hydrogen-bond donors (Lipinski definition) is 0. The summed E-state index contributed by atoms with van der Waals surface area (Å²) in [6.07, 6.45) is 14.1. The molecule has 2 unspecified atom stereocenters. The molecule has 0 aliphatic heterocycles. The fourth-order valence-electron chi connectivity index (χ4n) is 4.32. The SMILES string of the molecule is C1=C[CH]([Hf](=[C]2CCC2)[CH]2C=Cc3ccccc32)c2ccccc21. The summed E-state index contributed by atoms with van der Waals surface area (Å²) in [5.74, 6) is 0. The molecule has 23 heavy (non-hydrogen) atoms. The Morgan fingerprint density at radius 2 is 1.22 bits per heavy atom. The van der Waals surface area contributed by atoms with Crippen molar-refractivity contribution < 1.29 is 21.0 Å². The zero-order valence-corrected chi connectivity index (χ0v) is 16.8. The molecule has 0 aromatic heterocycles. The van der Waals surface area contributed by atoms with Crippen molar-refractivity contribution in [3.63, 3.8) is 0 Å². The molecular weight excluding hydrogens is 443 g/mol. The van der Waals surface area contributed by atoms with Crippen molar-refractivity contribution >= 4 is 15.4 Å². The summed E-state index contributed by atoms with van der Waals surface area (Å²) in [6.45, 7) is 0. The van der Waals surface area contributed by atoms with Crippen LogP contribution in [0.3, 0.4) is 0 Å². The van der Waals surface area contributed by atoms with Gasteiger partial charge in [-0.15, -0.1) is 0 Å². The Hall–Kier alpha value is -1.34. The molecule has 0 bridgehead atoms. The van der Waals surface area contributed by atoms with Crippen LogP contribution < -0.4 is 0 Å². The van der Waals surface area contributed by atoms with Gasteiger partial charge < -0.3 is 0 Å². The molecule has 112 valence electrons. The van der Waals surface area contributed by atoms with E-state index in [9.17, 15) is 0 Å². The summed E-state index contributed by atoms with van der Waals surface area (Å²) in [7, 11) is 0. The van der Waals surface area contributed by atoms with Crippen LogP contribution in [0.2, 0.25) is 0 Å². The molecule has 1 saturated carbocycles. The minimum absolute atomic E-state index is 0.757. The van der Waals surface area contributed by atoms with Gasteiger partial charge in [0.2, 0.25) is 0 Å². The summed E-state index contributed by atoms with van der Waals surface area (Å²) >= 11 is -1.99. The monoisotopic (exact) mass is 464 g/mol. The van der Waals surface area contributed by atoms with E-state index in [1.54, 1.807) is 11.1 Å². The molecule has 3 aliphatic rings. The van der Waals surface area contributed by atoms with Crippen molar-refractivity contribution in [2.45, 2.75) is 26.6 Å². The molecule has 0 radical (unpaired) electrons. The van der Waals surface area contributed by atoms with E-state index in [1.165, 1.54) is 30.4 Å². The fourth-order valence-corrected chi connectivity index (χ4v) is 18.7. The molecule has 2 aromatic rings. The van der Waals surface area contributed by atoms with Crippen molar-refractivity contribution in [1.29, 1.82) is 0 Å². The molecule has 1 heteroatoms. The molecule has 0 nitrogen and oxygen atoms in total. The Bertz CT molecular complexity index is 800. The predicted octanol–water partition coefficient (Wildman–Crippen LogP) is 5.50. The van der Waals surface area contributed by atoms with E-state index < -0.39 is 21.0 Å². The number of hydrogen-bond acceptors (Lipinski definition) is 0. The van der Waals surface area contributed by atoms with Gasteiger partial charge in [-0.25, -0.2) is 0 Å². The second-order valence-electron chi connectivity index (χ2n) is 6.84. The van der Waals surface area contributed by atoms with Gasteiger partial charge in [0, 0.05) is 0 Å². The minimum atomic E-state index is -1.99. The molecule has 0 N–H and O–H groups in total. The quantitative estimate of drug-likeness (QED) is 0.517. The van der Waals surface area contributed by atoms with Crippen LogP contribution in [0.4, 0.5) is 0 Å². The summed E-state index contributed by atoms with van der Waals surface area (Å²) in [5.41, 5.74) is 6.17. The maximum atomic E-state index is 2.55. The predicted molar refractivity (Wildman–Crippen MR) is 95.3 cm³/mol. The molecule has 3 aliphatic carbocycles. The maximum absolute atomic E-state index is 2.55. The van der Waals surface area contributed by atoms with Crippen LogP contribution in [0.5, 0.6) is 0 Å². The molecular formula is C22H20Hf. The average molecular weight is 463 g/mol. The first-order valence-corrected chi connectivity index (χ1v) is 14.6. The van der Waals surface area contributed by atoms with Gasteiger partial charge >= 0.3 is 146 Å². The Kier molecular flexibility index (Phi) is 3.44. The Balaban J connectivity index is 1.64. The van der Waals surface area contributed by atoms with Gasteiger partial charge in [-0.2, -0.15) is 0 Å². The van der Waals surface area contributed by atoms with Crippen molar-refractivity contribution in [3.05, 3.63) is 82.9 Å². The van der Waals surface area contributed by atoms with Crippen LogP contribution >= 0.6 is 0 Å². The van der Waals surface area contributed by atoms with Gasteiger partial charge in [-0.3, -0.25) is 0 Å². The molecule has 1 fully saturated rings. The summed E-state index contributed by atoms with van der Waals surface area (Å²) in [4.78, 5) is 0. The van der Waals surface area contributed by atoms with Crippen molar-refractivity contribution in [1.82, 2.24) is 0 Å². The Morgan fingerprint density at radius 1 is 0.696 bits per heavy atom. The first-order chi connectivity index (χ1) is 11.4. The molecule has 5 rings (SSSR count). The summed E-state index contributed by atoms with van der Waals surface area (Å²) < 4.78 is 3.51. The standard InChI is InChI=1S/2C9H7.C4H6.Hf/c2*1-2-5-9-7-3-6-8(9)4-1;1-2-4-3-1;/h2*1-7H;1-3H2;. The van der Waals surface area contributed by atoms with Gasteiger partial charge in [0.25, 0.3) is 0 Å². The Labute approximate surface area is 145 Å². The topological polar surface area (TPSA) is 0 Å². The van der Waals surface area contributed by atoms with E-state index in [-0.39, 0.29) is 0 Å². The van der Waals surface area contributed by atoms with Gasteiger partial charge in [0.15, 0.2) is 0 Å². The zero-order valence-electron chi connectivity index (χ0n) is 13.2. The molecule has 2 atom stereocenters. The third-order valence-corrected chi connectivity index (χ3v) is 18.8. The number of fused-ring (bicyclic) bond motifs is 2. The van der Waals surface area contributed by atoms with E-state index in [2.05, 4.69) is 72.8 Å². The summed E-state index contributed by atoms with van der Waals surface area (Å²) in [5, 5.41) is 0. The van der Waals surface area contributed by atoms with E-state index in [4.69, 9.17) is 0 Å². The van der Waals surface area contributed by atoms with Gasteiger partial charge in [0.1, 0.15) is 0 Å². The van der Waals surface area contributed by atoms with E-state index in [0.29, 0.717) is 0 Å². The van der Waals surface area contributed by atoms with Crippen LogP contribution in [-0.2, 0) is 21.0 Å². The van der Waals surface area contributed by atoms with Crippen LogP contribution in [0.25, 0.3) is 12.2 Å². The van der Waals surface area contributed by atoms with Crippen molar-refractivity contribution in [3.8, 4) is 0 Å². The van der Waals surface area contributed by atoms with Gasteiger partial charge in [0.05, 0.1) is 0 Å². The number of rotatable bonds is 2. The zero-order chi connectivity index (χ0) is 15.2. The molecule has 2 aromatic carbocycles.